The molecule has 0 bridgehead atoms. The Hall–Kier alpha value is 0.519. The zero-order valence-corrected chi connectivity index (χ0v) is 24.9. The van der Waals surface area contributed by atoms with Gasteiger partial charge in [-0.1, -0.05) is 0 Å². The maximum atomic E-state index is 4.22. The monoisotopic (exact) mass is 548 g/mol. The molecule has 12 aliphatic heterocycles. The van der Waals surface area contributed by atoms with Crippen LogP contribution in [-0.2, 0) is 10.8 Å². The van der Waals surface area contributed by atoms with Gasteiger partial charge in [-0.2, -0.15) is 0 Å². The van der Waals surface area contributed by atoms with Gasteiger partial charge in [0.15, 0.2) is 0 Å². The number of rotatable bonds is 5. The summed E-state index contributed by atoms with van der Waals surface area (Å²) in [4.78, 5) is 7.46. The van der Waals surface area contributed by atoms with Gasteiger partial charge in [0, 0.05) is 0 Å². The first kappa shape index (κ1) is 18.7. The van der Waals surface area contributed by atoms with Crippen molar-refractivity contribution in [1.29, 1.82) is 0 Å². The van der Waals surface area contributed by atoms with Gasteiger partial charge in [0.2, 0.25) is 0 Å². The normalized spacial score (nSPS) is 81.5. The molecule has 0 amide bonds. The van der Waals surface area contributed by atoms with Crippen LogP contribution in [0.5, 0.6) is 0 Å². The van der Waals surface area contributed by atoms with E-state index in [-0.39, 0.29) is 0 Å². The van der Waals surface area contributed by atoms with Crippen LogP contribution in [0, 0.1) is 5.41 Å². The molecule has 1 aromatic rings. The fraction of sp³-hybridized carbons (Fsp3) is 0.800. The molecule has 5 heteroatoms. The predicted octanol–water partition coefficient (Wildman–Crippen LogP) is 6.63. The van der Waals surface area contributed by atoms with Crippen LogP contribution in [0.2, 0.25) is 41.8 Å². The van der Waals surface area contributed by atoms with Crippen LogP contribution in [0.15, 0.2) is 30.3 Å². The number of hydrogen-bond donors (Lipinski definition) is 2. The molecular formula is C30H42FeN2P2. The molecule has 12 heterocycles. The van der Waals surface area contributed by atoms with Gasteiger partial charge in [-0.3, -0.25) is 0 Å². The number of hydrogen-bond acceptors (Lipinski definition) is 2. The van der Waals surface area contributed by atoms with Crippen molar-refractivity contribution in [2.45, 2.75) is 110 Å². The molecule has 0 aliphatic carbocycles. The third-order valence-electron chi connectivity index (χ3n) is 21.9. The van der Waals surface area contributed by atoms with Crippen molar-refractivity contribution in [3.63, 3.8) is 0 Å². The summed E-state index contributed by atoms with van der Waals surface area (Å²) in [5, 5.41) is 8.81. The van der Waals surface area contributed by atoms with E-state index in [4.69, 9.17) is 0 Å². The Balaban J connectivity index is 1.28. The van der Waals surface area contributed by atoms with E-state index in [1.54, 1.807) is 0 Å². The first-order valence-electron chi connectivity index (χ1n) is 14.8. The van der Waals surface area contributed by atoms with Crippen LogP contribution in [0.25, 0.3) is 0 Å². The summed E-state index contributed by atoms with van der Waals surface area (Å²) >= 11 is 0. The minimum absolute atomic E-state index is 0.366. The van der Waals surface area contributed by atoms with Crippen molar-refractivity contribution < 1.29 is 6.51 Å². The van der Waals surface area contributed by atoms with Gasteiger partial charge in [0.05, 0.1) is 0 Å². The summed E-state index contributed by atoms with van der Waals surface area (Å²) in [6.45, 7) is 6.62. The zero-order valence-electron chi connectivity index (χ0n) is 21.5. The summed E-state index contributed by atoms with van der Waals surface area (Å²) in [6.07, 6.45) is 7.08. The zero-order chi connectivity index (χ0) is 23.4. The van der Waals surface area contributed by atoms with E-state index in [0.717, 1.165) is 4.31 Å². The van der Waals surface area contributed by atoms with E-state index < -0.39 is 6.51 Å². The summed E-state index contributed by atoms with van der Waals surface area (Å²) < 4.78 is 2.81. The van der Waals surface area contributed by atoms with E-state index in [0.29, 0.717) is 35.6 Å². The molecule has 2 N–H and O–H groups in total. The molecule has 0 radical (unpaired) electrons. The van der Waals surface area contributed by atoms with Gasteiger partial charge < -0.3 is 0 Å². The molecule has 35 heavy (non-hydrogen) atoms. The average Bonchev–Trinajstić information content (AvgIpc) is 3.67. The molecule has 1 aromatic carbocycles. The molecule has 2 nitrogen and oxygen atoms in total. The van der Waals surface area contributed by atoms with Crippen molar-refractivity contribution in [3.8, 4) is 0 Å². The van der Waals surface area contributed by atoms with E-state index in [9.17, 15) is 0 Å². The van der Waals surface area contributed by atoms with Crippen LogP contribution < -0.4 is 10.6 Å². The molecule has 0 saturated carbocycles. The SMILES string of the molecule is CC(C)(C)[C]12[C]3(c4ccccc4)[CH]4[C]5(CP)[C]1(C(P)(C1CCCN1)C1CCCN1)[Fe]45321678[CH]2[CH]1[CH]6[CH]7[CH]28. The second-order valence-electron chi connectivity index (χ2n) is 18.1. The van der Waals surface area contributed by atoms with Crippen molar-refractivity contribution >= 4 is 18.5 Å². The fourth-order valence-electron chi connectivity index (χ4n) is 26.4. The van der Waals surface area contributed by atoms with Gasteiger partial charge >= 0.3 is 206 Å². The second-order valence-corrected chi connectivity index (χ2v) is 42.1. The van der Waals surface area contributed by atoms with Crippen LogP contribution in [-0.4, -0.2) is 36.5 Å². The molecule has 12 saturated heterocycles. The first-order chi connectivity index (χ1) is 16.6. The van der Waals surface area contributed by atoms with Gasteiger partial charge in [-0.25, -0.2) is 0 Å². The van der Waals surface area contributed by atoms with E-state index >= 15 is 0 Å². The Kier molecular flexibility index (Phi) is 1.38. The Morgan fingerprint density at radius 2 is 1.43 bits per heavy atom. The van der Waals surface area contributed by atoms with E-state index in [1.165, 1.54) is 73.8 Å². The van der Waals surface area contributed by atoms with Gasteiger partial charge in [0.25, 0.3) is 0 Å². The molecule has 12 aliphatic rings. The summed E-state index contributed by atoms with van der Waals surface area (Å²) in [6, 6.07) is 13.9. The molecule has 0 aromatic heterocycles. The molecular weight excluding hydrogens is 506 g/mol. The Bertz CT molecular complexity index is 1700. The van der Waals surface area contributed by atoms with E-state index in [2.05, 4.69) is 80.2 Å². The number of benzene rings is 1. The Morgan fingerprint density at radius 1 is 0.886 bits per heavy atom. The summed E-state index contributed by atoms with van der Waals surface area (Å²) in [5.74, 6) is 0. The quantitative estimate of drug-likeness (QED) is 0.319. The standard InChI is InChI=1S/C25H37N2P2.C5H5.Fe/c1-24(2,3)23-19(17-9-5-4-6-10-17)15-18(16-28)22(23)25(29,20-11-7-13-26-20)21-12-8-14-27-21;1-2-4-5-3-1;/h4-6,9-10,15,20-21,26-27H,7-8,11-14,16,28-29H2,1-3H3;1-5H;. The third kappa shape index (κ3) is 0.364. The number of nitrogens with one attached hydrogen (secondary N) is 2. The molecule has 9 unspecified atom stereocenters. The topological polar surface area (TPSA) is 24.1 Å². The Morgan fingerprint density at radius 3 is 1.83 bits per heavy atom. The summed E-state index contributed by atoms with van der Waals surface area (Å²) in [5.41, 5.74) is 2.30. The fourth-order valence-corrected chi connectivity index (χ4v) is 118. The molecule has 13 rings (SSSR count). The van der Waals surface area contributed by atoms with E-state index in [1.807, 2.05) is 5.56 Å². The molecule has 12 fully saturated rings. The van der Waals surface area contributed by atoms with Crippen molar-refractivity contribution in [2.24, 2.45) is 5.41 Å². The second kappa shape index (κ2) is 2.58. The average molecular weight is 548 g/mol. The molecule has 190 valence electrons. The van der Waals surface area contributed by atoms with Crippen LogP contribution in [0.1, 0.15) is 52.0 Å². The third-order valence-corrected chi connectivity index (χ3v) is 69.4. The van der Waals surface area contributed by atoms with Gasteiger partial charge in [-0.15, -0.1) is 0 Å². The van der Waals surface area contributed by atoms with Gasteiger partial charge in [-0.05, 0) is 0 Å². The van der Waals surface area contributed by atoms with Gasteiger partial charge in [0.1, 0.15) is 0 Å². The van der Waals surface area contributed by atoms with Crippen LogP contribution in [0.4, 0.5) is 0 Å². The van der Waals surface area contributed by atoms with Crippen LogP contribution in [0.3, 0.4) is 0 Å². The molecule has 1 spiro atoms. The van der Waals surface area contributed by atoms with Crippen molar-refractivity contribution in [2.75, 3.05) is 19.3 Å². The molecule has 9 atom stereocenters. The number of fused-ring (bicyclic) bond motifs is 10. The Labute approximate surface area is 205 Å². The predicted molar refractivity (Wildman–Crippen MR) is 147 cm³/mol. The van der Waals surface area contributed by atoms with Crippen molar-refractivity contribution in [1.82, 2.24) is 10.6 Å². The summed E-state index contributed by atoms with van der Waals surface area (Å²) in [7, 11) is 7.34. The van der Waals surface area contributed by atoms with Crippen molar-refractivity contribution in [3.05, 3.63) is 35.9 Å². The van der Waals surface area contributed by atoms with Crippen LogP contribution >= 0.6 is 18.5 Å². The minimum atomic E-state index is -4.20. The maximum absolute atomic E-state index is 4.22. The first-order valence-corrected chi connectivity index (χ1v) is 22.2.